The standard InChI is InChI=1S/C14H16FN3O/c1-3-18-10(2)12(9-17-18)8-16-14(19)11-5-4-6-13(15)7-11/h4-7,9H,3,8H2,1-2H3,(H,16,19). The van der Waals surface area contributed by atoms with Gasteiger partial charge in [0.1, 0.15) is 5.82 Å². The Morgan fingerprint density at radius 2 is 2.26 bits per heavy atom. The van der Waals surface area contributed by atoms with Crippen LogP contribution < -0.4 is 5.32 Å². The number of hydrogen-bond acceptors (Lipinski definition) is 2. The van der Waals surface area contributed by atoms with E-state index in [2.05, 4.69) is 10.4 Å². The SMILES string of the molecule is CCn1ncc(CNC(=O)c2cccc(F)c2)c1C. The molecule has 100 valence electrons. The van der Waals surface area contributed by atoms with E-state index in [9.17, 15) is 9.18 Å². The molecule has 0 bridgehead atoms. The molecule has 4 nitrogen and oxygen atoms in total. The molecule has 0 unspecified atom stereocenters. The lowest BCUT2D eigenvalue weighted by Gasteiger charge is -2.05. The highest BCUT2D eigenvalue weighted by molar-refractivity contribution is 5.94. The summed E-state index contributed by atoms with van der Waals surface area (Å²) in [6.07, 6.45) is 1.74. The fraction of sp³-hybridized carbons (Fsp3) is 0.286. The van der Waals surface area contributed by atoms with Crippen LogP contribution in [0, 0.1) is 12.7 Å². The summed E-state index contributed by atoms with van der Waals surface area (Å²) in [5, 5.41) is 6.97. The summed E-state index contributed by atoms with van der Waals surface area (Å²) in [5.41, 5.74) is 2.31. The van der Waals surface area contributed by atoms with Gasteiger partial charge < -0.3 is 5.32 Å². The molecule has 1 heterocycles. The third kappa shape index (κ3) is 2.99. The molecule has 1 aromatic heterocycles. The second-order valence-corrected chi connectivity index (χ2v) is 4.26. The van der Waals surface area contributed by atoms with Crippen LogP contribution in [0.5, 0.6) is 0 Å². The van der Waals surface area contributed by atoms with E-state index in [-0.39, 0.29) is 5.91 Å². The van der Waals surface area contributed by atoms with Crippen molar-refractivity contribution in [2.45, 2.75) is 26.9 Å². The highest BCUT2D eigenvalue weighted by Crippen LogP contribution is 2.08. The summed E-state index contributed by atoms with van der Waals surface area (Å²) in [6, 6.07) is 5.63. The highest BCUT2D eigenvalue weighted by Gasteiger charge is 2.09. The number of rotatable bonds is 4. The van der Waals surface area contributed by atoms with Crippen molar-refractivity contribution in [3.8, 4) is 0 Å². The van der Waals surface area contributed by atoms with E-state index < -0.39 is 5.82 Å². The van der Waals surface area contributed by atoms with Crippen molar-refractivity contribution in [1.29, 1.82) is 0 Å². The van der Waals surface area contributed by atoms with E-state index >= 15 is 0 Å². The van der Waals surface area contributed by atoms with Gasteiger partial charge in [0.15, 0.2) is 0 Å². The normalized spacial score (nSPS) is 10.5. The van der Waals surface area contributed by atoms with Gasteiger partial charge in [-0.2, -0.15) is 5.10 Å². The number of benzene rings is 1. The lowest BCUT2D eigenvalue weighted by atomic mass is 10.2. The van der Waals surface area contributed by atoms with Gasteiger partial charge in [0.25, 0.3) is 5.91 Å². The molecule has 1 aromatic carbocycles. The van der Waals surface area contributed by atoms with Gasteiger partial charge in [-0.15, -0.1) is 0 Å². The molecule has 1 amide bonds. The van der Waals surface area contributed by atoms with Gasteiger partial charge in [-0.25, -0.2) is 4.39 Å². The predicted molar refractivity (Wildman–Crippen MR) is 70.2 cm³/mol. The number of hydrogen-bond donors (Lipinski definition) is 1. The molecule has 2 rings (SSSR count). The molecule has 0 radical (unpaired) electrons. The van der Waals surface area contributed by atoms with Gasteiger partial charge in [0.05, 0.1) is 6.20 Å². The number of carbonyl (C=O) groups excluding carboxylic acids is 1. The summed E-state index contributed by atoms with van der Waals surface area (Å²) in [4.78, 5) is 11.9. The van der Waals surface area contributed by atoms with E-state index in [1.165, 1.54) is 18.2 Å². The molecule has 5 heteroatoms. The average molecular weight is 261 g/mol. The van der Waals surface area contributed by atoms with Crippen LogP contribution >= 0.6 is 0 Å². The van der Waals surface area contributed by atoms with Crippen LogP contribution in [0.25, 0.3) is 0 Å². The molecular weight excluding hydrogens is 245 g/mol. The van der Waals surface area contributed by atoms with Crippen LogP contribution in [0.1, 0.15) is 28.5 Å². The van der Waals surface area contributed by atoms with Crippen molar-refractivity contribution in [2.24, 2.45) is 0 Å². The summed E-state index contributed by atoms with van der Waals surface area (Å²) in [5.74, 6) is -0.703. The van der Waals surface area contributed by atoms with Gasteiger partial charge >= 0.3 is 0 Å². The van der Waals surface area contributed by atoms with Crippen LogP contribution in [-0.2, 0) is 13.1 Å². The predicted octanol–water partition coefficient (Wildman–Crippen LogP) is 2.28. The summed E-state index contributed by atoms with van der Waals surface area (Å²) in [7, 11) is 0. The second-order valence-electron chi connectivity index (χ2n) is 4.26. The minimum absolute atomic E-state index is 0.289. The Hall–Kier alpha value is -2.17. The van der Waals surface area contributed by atoms with Crippen molar-refractivity contribution in [2.75, 3.05) is 0 Å². The number of halogens is 1. The van der Waals surface area contributed by atoms with E-state index in [1.807, 2.05) is 18.5 Å². The van der Waals surface area contributed by atoms with Crippen LogP contribution in [0.15, 0.2) is 30.5 Å². The minimum atomic E-state index is -0.414. The fourth-order valence-corrected chi connectivity index (χ4v) is 1.88. The van der Waals surface area contributed by atoms with E-state index in [4.69, 9.17) is 0 Å². The summed E-state index contributed by atoms with van der Waals surface area (Å²) in [6.45, 7) is 5.15. The molecule has 0 saturated carbocycles. The number of aryl methyl sites for hydroxylation is 1. The Bertz CT molecular complexity index is 592. The van der Waals surface area contributed by atoms with Crippen LogP contribution in [0.2, 0.25) is 0 Å². The topological polar surface area (TPSA) is 46.9 Å². The zero-order valence-corrected chi connectivity index (χ0v) is 11.0. The van der Waals surface area contributed by atoms with Gasteiger partial charge in [-0.05, 0) is 32.0 Å². The lowest BCUT2D eigenvalue weighted by molar-refractivity contribution is 0.0950. The molecule has 0 aliphatic carbocycles. The Balaban J connectivity index is 2.02. The number of aromatic nitrogens is 2. The molecule has 0 saturated heterocycles. The maximum atomic E-state index is 13.0. The van der Waals surface area contributed by atoms with Crippen LogP contribution in [0.4, 0.5) is 4.39 Å². The highest BCUT2D eigenvalue weighted by atomic mass is 19.1. The number of carbonyl (C=O) groups is 1. The van der Waals surface area contributed by atoms with E-state index in [0.29, 0.717) is 12.1 Å². The maximum Gasteiger partial charge on any atom is 0.251 e. The van der Waals surface area contributed by atoms with Crippen molar-refractivity contribution < 1.29 is 9.18 Å². The molecule has 0 aliphatic rings. The number of amides is 1. The first kappa shape index (κ1) is 13.3. The van der Waals surface area contributed by atoms with Gasteiger partial charge in [0, 0.05) is 29.9 Å². The monoisotopic (exact) mass is 261 g/mol. The van der Waals surface area contributed by atoms with Gasteiger partial charge in [-0.3, -0.25) is 9.48 Å². The maximum absolute atomic E-state index is 13.0. The molecule has 0 spiro atoms. The van der Waals surface area contributed by atoms with Crippen LogP contribution in [-0.4, -0.2) is 15.7 Å². The molecule has 19 heavy (non-hydrogen) atoms. The summed E-state index contributed by atoms with van der Waals surface area (Å²) < 4.78 is 14.9. The lowest BCUT2D eigenvalue weighted by Crippen LogP contribution is -2.23. The van der Waals surface area contributed by atoms with Crippen molar-refractivity contribution in [3.05, 3.63) is 53.1 Å². The number of nitrogens with one attached hydrogen (secondary N) is 1. The Labute approximate surface area is 111 Å². The van der Waals surface area contributed by atoms with E-state index in [0.717, 1.165) is 17.8 Å². The molecule has 0 fully saturated rings. The van der Waals surface area contributed by atoms with Gasteiger partial charge in [0.2, 0.25) is 0 Å². The fourth-order valence-electron chi connectivity index (χ4n) is 1.88. The second kappa shape index (κ2) is 5.65. The third-order valence-electron chi connectivity index (χ3n) is 3.03. The minimum Gasteiger partial charge on any atom is -0.348 e. The molecule has 1 N–H and O–H groups in total. The quantitative estimate of drug-likeness (QED) is 0.917. The Morgan fingerprint density at radius 1 is 1.47 bits per heavy atom. The molecule has 0 atom stereocenters. The first-order valence-corrected chi connectivity index (χ1v) is 6.17. The molecule has 0 aliphatic heterocycles. The van der Waals surface area contributed by atoms with Crippen molar-refractivity contribution >= 4 is 5.91 Å². The zero-order valence-electron chi connectivity index (χ0n) is 11.0. The van der Waals surface area contributed by atoms with Crippen molar-refractivity contribution in [3.63, 3.8) is 0 Å². The first-order valence-electron chi connectivity index (χ1n) is 6.17. The van der Waals surface area contributed by atoms with Crippen LogP contribution in [0.3, 0.4) is 0 Å². The molecule has 2 aromatic rings. The Kier molecular flexibility index (Phi) is 3.94. The smallest absolute Gasteiger partial charge is 0.251 e. The number of nitrogens with zero attached hydrogens (tertiary/aromatic N) is 2. The summed E-state index contributed by atoms with van der Waals surface area (Å²) >= 11 is 0. The third-order valence-corrected chi connectivity index (χ3v) is 3.03. The van der Waals surface area contributed by atoms with Gasteiger partial charge in [-0.1, -0.05) is 6.07 Å². The first-order chi connectivity index (χ1) is 9.11. The average Bonchev–Trinajstić information content (AvgIpc) is 2.76. The largest absolute Gasteiger partial charge is 0.348 e. The van der Waals surface area contributed by atoms with E-state index in [1.54, 1.807) is 12.3 Å². The zero-order chi connectivity index (χ0) is 13.8. The Morgan fingerprint density at radius 3 is 2.89 bits per heavy atom. The van der Waals surface area contributed by atoms with Crippen molar-refractivity contribution in [1.82, 2.24) is 15.1 Å². The molecular formula is C14H16FN3O.